The van der Waals surface area contributed by atoms with Crippen LogP contribution in [0.5, 0.6) is 0 Å². The van der Waals surface area contributed by atoms with Crippen molar-refractivity contribution in [1.82, 2.24) is 14.7 Å². The standard InChI is InChI=1S/C31H40BrN3O2.ClH/c1-23(2)18-29(36)35-21-26(28(22-35)25-6-4-3-5-7-25)20-33-15-12-31(13-16-33)14-17-34(30(31)37)19-24-8-10-27(32)11-9-24;/h3-11,23,26,28H,12-22H2,1-2H3;1H. The molecule has 5 rings (SSSR count). The minimum absolute atomic E-state index is 0. The molecule has 0 saturated carbocycles. The number of amides is 2. The topological polar surface area (TPSA) is 43.9 Å². The molecule has 2 aromatic rings. The van der Waals surface area contributed by atoms with Gasteiger partial charge < -0.3 is 14.7 Å². The Kier molecular flexibility index (Phi) is 9.59. The number of hydrogen-bond donors (Lipinski definition) is 0. The molecule has 3 aliphatic rings. The quantitative estimate of drug-likeness (QED) is 0.392. The van der Waals surface area contributed by atoms with Gasteiger partial charge in [-0.3, -0.25) is 9.59 Å². The van der Waals surface area contributed by atoms with Crippen LogP contribution in [-0.2, 0) is 16.1 Å². The number of carbonyl (C=O) groups excluding carboxylic acids is 2. The zero-order valence-electron chi connectivity index (χ0n) is 22.7. The summed E-state index contributed by atoms with van der Waals surface area (Å²) in [6.45, 7) is 10.4. The molecular formula is C31H41BrClN3O2. The van der Waals surface area contributed by atoms with Crippen LogP contribution >= 0.6 is 28.3 Å². The smallest absolute Gasteiger partial charge is 0.229 e. The van der Waals surface area contributed by atoms with Crippen molar-refractivity contribution < 1.29 is 9.59 Å². The van der Waals surface area contributed by atoms with Gasteiger partial charge in [-0.2, -0.15) is 0 Å². The molecule has 206 valence electrons. The van der Waals surface area contributed by atoms with Crippen molar-refractivity contribution in [2.24, 2.45) is 17.3 Å². The van der Waals surface area contributed by atoms with E-state index in [0.717, 1.165) is 63.0 Å². The first-order valence-electron chi connectivity index (χ1n) is 13.9. The third-order valence-electron chi connectivity index (χ3n) is 8.80. The van der Waals surface area contributed by atoms with Crippen LogP contribution in [-0.4, -0.2) is 65.8 Å². The highest BCUT2D eigenvalue weighted by Gasteiger charge is 2.48. The summed E-state index contributed by atoms with van der Waals surface area (Å²) in [6, 6.07) is 19.0. The first-order chi connectivity index (χ1) is 17.8. The number of nitrogens with zero attached hydrogens (tertiary/aromatic N) is 3. The van der Waals surface area contributed by atoms with E-state index in [2.05, 4.69) is 86.9 Å². The molecule has 2 amide bonds. The monoisotopic (exact) mass is 601 g/mol. The Bertz CT molecular complexity index is 1090. The van der Waals surface area contributed by atoms with Crippen LogP contribution < -0.4 is 0 Å². The maximum Gasteiger partial charge on any atom is 0.229 e. The van der Waals surface area contributed by atoms with Crippen LogP contribution in [0.3, 0.4) is 0 Å². The third-order valence-corrected chi connectivity index (χ3v) is 9.33. The highest BCUT2D eigenvalue weighted by Crippen LogP contribution is 2.43. The number of benzene rings is 2. The molecule has 38 heavy (non-hydrogen) atoms. The fourth-order valence-corrected chi connectivity index (χ4v) is 6.89. The molecule has 3 heterocycles. The SMILES string of the molecule is CC(C)CC(=O)N1CC(CN2CCC3(CC2)CCN(Cc2ccc(Br)cc2)C3=O)C(c2ccccc2)C1.Cl. The Balaban J connectivity index is 0.00000336. The Morgan fingerprint density at radius 3 is 2.29 bits per heavy atom. The van der Waals surface area contributed by atoms with Gasteiger partial charge in [-0.15, -0.1) is 12.4 Å². The molecule has 0 bridgehead atoms. The van der Waals surface area contributed by atoms with Crippen molar-refractivity contribution in [3.63, 3.8) is 0 Å². The summed E-state index contributed by atoms with van der Waals surface area (Å²) in [5, 5.41) is 0. The molecule has 2 atom stereocenters. The van der Waals surface area contributed by atoms with E-state index >= 15 is 0 Å². The molecule has 2 aromatic carbocycles. The van der Waals surface area contributed by atoms with Gasteiger partial charge in [0.15, 0.2) is 0 Å². The summed E-state index contributed by atoms with van der Waals surface area (Å²) in [6.07, 6.45) is 3.49. The fourth-order valence-electron chi connectivity index (χ4n) is 6.63. The van der Waals surface area contributed by atoms with E-state index in [0.29, 0.717) is 42.5 Å². The number of piperidine rings is 1. The minimum Gasteiger partial charge on any atom is -0.342 e. The van der Waals surface area contributed by atoms with Crippen molar-refractivity contribution in [2.45, 2.75) is 52.0 Å². The van der Waals surface area contributed by atoms with Gasteiger partial charge in [0.25, 0.3) is 0 Å². The van der Waals surface area contributed by atoms with Crippen LogP contribution in [0.4, 0.5) is 0 Å². The zero-order valence-corrected chi connectivity index (χ0v) is 25.1. The predicted octanol–water partition coefficient (Wildman–Crippen LogP) is 5.97. The fraction of sp³-hybridized carbons (Fsp3) is 0.548. The normalized spacial score (nSPS) is 23.3. The van der Waals surface area contributed by atoms with Gasteiger partial charge in [-0.1, -0.05) is 72.2 Å². The van der Waals surface area contributed by atoms with Crippen LogP contribution in [0.25, 0.3) is 0 Å². The molecule has 3 fully saturated rings. The van der Waals surface area contributed by atoms with Gasteiger partial charge in [0.05, 0.1) is 5.41 Å². The van der Waals surface area contributed by atoms with Gasteiger partial charge in [0, 0.05) is 49.5 Å². The summed E-state index contributed by atoms with van der Waals surface area (Å²) in [5.74, 6) is 1.83. The van der Waals surface area contributed by atoms with Gasteiger partial charge in [0.1, 0.15) is 0 Å². The summed E-state index contributed by atoms with van der Waals surface area (Å²) < 4.78 is 1.07. The molecule has 5 nitrogen and oxygen atoms in total. The highest BCUT2D eigenvalue weighted by atomic mass is 79.9. The van der Waals surface area contributed by atoms with Gasteiger partial charge in [-0.25, -0.2) is 0 Å². The van der Waals surface area contributed by atoms with E-state index in [4.69, 9.17) is 0 Å². The molecule has 0 N–H and O–H groups in total. The first-order valence-corrected chi connectivity index (χ1v) is 14.7. The summed E-state index contributed by atoms with van der Waals surface area (Å²) in [5.41, 5.74) is 2.35. The molecule has 3 aliphatic heterocycles. The molecule has 0 aliphatic carbocycles. The average molecular weight is 603 g/mol. The van der Waals surface area contributed by atoms with Crippen LogP contribution in [0.1, 0.15) is 56.6 Å². The van der Waals surface area contributed by atoms with E-state index in [9.17, 15) is 9.59 Å². The van der Waals surface area contributed by atoms with E-state index < -0.39 is 0 Å². The second-order valence-corrected chi connectivity index (χ2v) is 12.8. The molecule has 0 aromatic heterocycles. The van der Waals surface area contributed by atoms with Gasteiger partial charge in [-0.05, 0) is 67.4 Å². The summed E-state index contributed by atoms with van der Waals surface area (Å²) in [7, 11) is 0. The van der Waals surface area contributed by atoms with Gasteiger partial charge >= 0.3 is 0 Å². The first kappa shape index (κ1) is 29.1. The second-order valence-electron chi connectivity index (χ2n) is 11.9. The average Bonchev–Trinajstić information content (AvgIpc) is 3.44. The molecule has 0 radical (unpaired) electrons. The number of halogens is 2. The Morgan fingerprint density at radius 1 is 0.974 bits per heavy atom. The largest absolute Gasteiger partial charge is 0.342 e. The highest BCUT2D eigenvalue weighted by molar-refractivity contribution is 9.10. The predicted molar refractivity (Wildman–Crippen MR) is 158 cm³/mol. The van der Waals surface area contributed by atoms with Crippen molar-refractivity contribution in [1.29, 1.82) is 0 Å². The number of carbonyl (C=O) groups is 2. The Labute approximate surface area is 242 Å². The Hall–Kier alpha value is -1.89. The Morgan fingerprint density at radius 2 is 1.63 bits per heavy atom. The van der Waals surface area contributed by atoms with E-state index in [-0.39, 0.29) is 17.8 Å². The maximum atomic E-state index is 13.5. The lowest BCUT2D eigenvalue weighted by molar-refractivity contribution is -0.139. The van der Waals surface area contributed by atoms with Crippen LogP contribution in [0.2, 0.25) is 0 Å². The number of rotatable bonds is 7. The van der Waals surface area contributed by atoms with E-state index in [1.54, 1.807) is 0 Å². The third kappa shape index (κ3) is 6.46. The number of hydrogen-bond acceptors (Lipinski definition) is 3. The zero-order chi connectivity index (χ0) is 26.0. The van der Waals surface area contributed by atoms with Crippen LogP contribution in [0.15, 0.2) is 59.1 Å². The van der Waals surface area contributed by atoms with E-state index in [1.165, 1.54) is 11.1 Å². The minimum atomic E-state index is -0.181. The molecular weight excluding hydrogens is 562 g/mol. The lowest BCUT2D eigenvalue weighted by atomic mass is 9.76. The molecule has 2 unspecified atom stereocenters. The van der Waals surface area contributed by atoms with Crippen molar-refractivity contribution in [3.8, 4) is 0 Å². The van der Waals surface area contributed by atoms with Crippen molar-refractivity contribution in [3.05, 3.63) is 70.2 Å². The number of likely N-dealkylation sites (tertiary alicyclic amines) is 3. The second kappa shape index (κ2) is 12.5. The summed E-state index contributed by atoms with van der Waals surface area (Å²) >= 11 is 3.50. The van der Waals surface area contributed by atoms with Crippen LogP contribution in [0, 0.1) is 17.3 Å². The summed E-state index contributed by atoms with van der Waals surface area (Å²) in [4.78, 5) is 33.2. The lowest BCUT2D eigenvalue weighted by Crippen LogP contribution is -2.46. The molecule has 7 heteroatoms. The lowest BCUT2D eigenvalue weighted by Gasteiger charge is -2.39. The van der Waals surface area contributed by atoms with E-state index in [1.807, 2.05) is 12.1 Å². The molecule has 3 saturated heterocycles. The van der Waals surface area contributed by atoms with Gasteiger partial charge in [0.2, 0.25) is 11.8 Å². The maximum absolute atomic E-state index is 13.5. The van der Waals surface area contributed by atoms with Crippen molar-refractivity contribution >= 4 is 40.2 Å². The van der Waals surface area contributed by atoms with Crippen molar-refractivity contribution in [2.75, 3.05) is 39.3 Å². The molecule has 1 spiro atoms.